The third-order valence-corrected chi connectivity index (χ3v) is 8.30. The third-order valence-electron chi connectivity index (χ3n) is 6.43. The smallest absolute Gasteiger partial charge is 0.269 e. The number of amides is 1. The quantitative estimate of drug-likeness (QED) is 0.289. The first-order chi connectivity index (χ1) is 17.0. The Bertz CT molecular complexity index is 1540. The van der Waals surface area contributed by atoms with E-state index in [4.69, 9.17) is 10.7 Å². The van der Waals surface area contributed by atoms with Gasteiger partial charge in [-0.3, -0.25) is 10.1 Å². The molecule has 0 radical (unpaired) electrons. The van der Waals surface area contributed by atoms with Crippen LogP contribution in [-0.2, 0) is 12.8 Å². The average molecular weight is 501 g/mol. The van der Waals surface area contributed by atoms with Crippen molar-refractivity contribution in [3.63, 3.8) is 0 Å². The van der Waals surface area contributed by atoms with Gasteiger partial charge in [-0.1, -0.05) is 30.3 Å². The average Bonchev–Trinajstić information content (AvgIpc) is 3.47. The predicted octanol–water partition coefficient (Wildman–Crippen LogP) is 6.67. The molecule has 0 fully saturated rings. The van der Waals surface area contributed by atoms with E-state index in [2.05, 4.69) is 40.6 Å². The molecule has 1 aliphatic rings. The highest BCUT2D eigenvalue weighted by atomic mass is 32.1. The zero-order valence-corrected chi connectivity index (χ0v) is 20.3. The van der Waals surface area contributed by atoms with Crippen molar-refractivity contribution in [2.45, 2.75) is 25.2 Å². The van der Waals surface area contributed by atoms with Gasteiger partial charge in [-0.2, -0.15) is 0 Å². The minimum atomic E-state index is -0.302. The summed E-state index contributed by atoms with van der Waals surface area (Å²) in [6, 6.07) is 18.8. The first-order valence-corrected chi connectivity index (χ1v) is 13.0. The third kappa shape index (κ3) is 4.19. The molecule has 1 unspecified atom stereocenters. The fourth-order valence-corrected chi connectivity index (χ4v) is 6.31. The number of carbonyl (C=O) groups excluding carboxylic acids is 1. The first-order valence-electron chi connectivity index (χ1n) is 11.3. The molecule has 0 spiro atoms. The maximum atomic E-state index is 13.2. The van der Waals surface area contributed by atoms with Gasteiger partial charge in [0.15, 0.2) is 5.13 Å². The standard InChI is InChI=1S/C27H21FN4OS2/c28-19-9-6-16(7-10-19)22-14-34-27(31-22)32-25(33)24-23(29)20-13-18-12-17(15-4-2-1-3-5-15)8-11-21(18)30-26(20)35-24/h1-7,9-10,13-14,17H,8,11-12,29H2,(H,31,32,33). The molecule has 0 bridgehead atoms. The number of nitrogen functional groups attached to an aromatic ring is 1. The SMILES string of the molecule is Nc1c(C(=O)Nc2nc(-c3ccc(F)cc3)cs2)sc2nc3c(cc12)CC(c1ccccc1)CC3. The molecule has 3 aromatic heterocycles. The molecule has 174 valence electrons. The molecule has 1 atom stereocenters. The number of fused-ring (bicyclic) bond motifs is 2. The molecule has 5 nitrogen and oxygen atoms in total. The predicted molar refractivity (Wildman–Crippen MR) is 141 cm³/mol. The van der Waals surface area contributed by atoms with Crippen LogP contribution < -0.4 is 11.1 Å². The van der Waals surface area contributed by atoms with E-state index in [1.54, 1.807) is 12.1 Å². The Morgan fingerprint density at radius 2 is 1.89 bits per heavy atom. The number of hydrogen-bond acceptors (Lipinski definition) is 6. The zero-order chi connectivity index (χ0) is 23.9. The Morgan fingerprint density at radius 3 is 2.69 bits per heavy atom. The molecule has 5 aromatic rings. The van der Waals surface area contributed by atoms with Gasteiger partial charge in [0.2, 0.25) is 0 Å². The van der Waals surface area contributed by atoms with E-state index in [0.29, 0.717) is 27.3 Å². The van der Waals surface area contributed by atoms with Crippen molar-refractivity contribution >= 4 is 49.6 Å². The summed E-state index contributed by atoms with van der Waals surface area (Å²) < 4.78 is 13.2. The maximum Gasteiger partial charge on any atom is 0.269 e. The van der Waals surface area contributed by atoms with E-state index in [1.165, 1.54) is 45.9 Å². The number of aromatic nitrogens is 2. The summed E-state index contributed by atoms with van der Waals surface area (Å²) in [6.07, 6.45) is 2.89. The van der Waals surface area contributed by atoms with Gasteiger partial charge in [-0.15, -0.1) is 22.7 Å². The number of nitrogens with zero attached hydrogens (tertiary/aromatic N) is 2. The van der Waals surface area contributed by atoms with Crippen LogP contribution >= 0.6 is 22.7 Å². The van der Waals surface area contributed by atoms with Crippen molar-refractivity contribution in [2.24, 2.45) is 0 Å². The van der Waals surface area contributed by atoms with Gasteiger partial charge in [-0.05, 0) is 66.6 Å². The van der Waals surface area contributed by atoms with Crippen molar-refractivity contribution in [2.75, 3.05) is 11.1 Å². The monoisotopic (exact) mass is 500 g/mol. The normalized spacial score (nSPS) is 15.2. The molecule has 3 N–H and O–H groups in total. The summed E-state index contributed by atoms with van der Waals surface area (Å²) >= 11 is 2.63. The molecule has 6 rings (SSSR count). The number of carbonyl (C=O) groups is 1. The minimum Gasteiger partial charge on any atom is -0.397 e. The number of benzene rings is 2. The zero-order valence-electron chi connectivity index (χ0n) is 18.6. The van der Waals surface area contributed by atoms with Crippen LogP contribution in [0.15, 0.2) is 66.0 Å². The minimum absolute atomic E-state index is 0.300. The number of pyridine rings is 1. The van der Waals surface area contributed by atoms with Crippen molar-refractivity contribution in [1.82, 2.24) is 9.97 Å². The molecule has 0 saturated carbocycles. The summed E-state index contributed by atoms with van der Waals surface area (Å²) in [6.45, 7) is 0. The molecular formula is C27H21FN4OS2. The van der Waals surface area contributed by atoms with Crippen LogP contribution in [0.4, 0.5) is 15.2 Å². The second kappa shape index (κ2) is 8.87. The molecule has 0 aliphatic heterocycles. The Morgan fingerprint density at radius 1 is 1.09 bits per heavy atom. The molecule has 2 aromatic carbocycles. The summed E-state index contributed by atoms with van der Waals surface area (Å²) in [7, 11) is 0. The highest BCUT2D eigenvalue weighted by molar-refractivity contribution is 7.21. The van der Waals surface area contributed by atoms with Crippen LogP contribution in [0.1, 0.15) is 38.8 Å². The summed E-state index contributed by atoms with van der Waals surface area (Å²) in [5.74, 6) is -0.139. The molecule has 3 heterocycles. The van der Waals surface area contributed by atoms with E-state index < -0.39 is 0 Å². The van der Waals surface area contributed by atoms with E-state index in [9.17, 15) is 9.18 Å². The second-order valence-electron chi connectivity index (χ2n) is 8.64. The van der Waals surface area contributed by atoms with E-state index in [1.807, 2.05) is 11.4 Å². The molecule has 1 amide bonds. The first kappa shape index (κ1) is 21.9. The number of thiazole rings is 1. The lowest BCUT2D eigenvalue weighted by Gasteiger charge is -2.24. The Labute approximate surface area is 209 Å². The lowest BCUT2D eigenvalue weighted by molar-refractivity contribution is 0.103. The van der Waals surface area contributed by atoms with Gasteiger partial charge in [0.25, 0.3) is 5.91 Å². The van der Waals surface area contributed by atoms with Gasteiger partial charge < -0.3 is 5.73 Å². The van der Waals surface area contributed by atoms with E-state index in [-0.39, 0.29) is 11.7 Å². The summed E-state index contributed by atoms with van der Waals surface area (Å²) in [4.78, 5) is 23.6. The van der Waals surface area contributed by atoms with Crippen molar-refractivity contribution in [3.8, 4) is 11.3 Å². The number of thiophene rings is 1. The lowest BCUT2D eigenvalue weighted by Crippen LogP contribution is -2.14. The fourth-order valence-electron chi connectivity index (χ4n) is 4.61. The van der Waals surface area contributed by atoms with Crippen LogP contribution in [0.25, 0.3) is 21.5 Å². The molecular weight excluding hydrogens is 479 g/mol. The Hall–Kier alpha value is -3.62. The molecule has 35 heavy (non-hydrogen) atoms. The van der Waals surface area contributed by atoms with Crippen LogP contribution in [0.3, 0.4) is 0 Å². The molecule has 0 saturated heterocycles. The largest absolute Gasteiger partial charge is 0.397 e. The number of aryl methyl sites for hydroxylation is 1. The van der Waals surface area contributed by atoms with Gasteiger partial charge in [0.1, 0.15) is 15.5 Å². The summed E-state index contributed by atoms with van der Waals surface area (Å²) in [5, 5.41) is 5.98. The fraction of sp³-hybridized carbons (Fsp3) is 0.148. The maximum absolute atomic E-state index is 13.2. The van der Waals surface area contributed by atoms with Gasteiger partial charge >= 0.3 is 0 Å². The Kier molecular flexibility index (Phi) is 5.54. The molecule has 8 heteroatoms. The van der Waals surface area contributed by atoms with Crippen LogP contribution in [0, 0.1) is 5.82 Å². The second-order valence-corrected chi connectivity index (χ2v) is 10.5. The number of nitrogens with two attached hydrogens (primary N) is 1. The number of halogens is 1. The number of hydrogen-bond donors (Lipinski definition) is 2. The highest BCUT2D eigenvalue weighted by Crippen LogP contribution is 2.39. The number of rotatable bonds is 4. The lowest BCUT2D eigenvalue weighted by atomic mass is 9.82. The van der Waals surface area contributed by atoms with Crippen LogP contribution in [-0.4, -0.2) is 15.9 Å². The highest BCUT2D eigenvalue weighted by Gasteiger charge is 2.25. The number of nitrogens with one attached hydrogen (secondary N) is 1. The number of anilines is 2. The van der Waals surface area contributed by atoms with E-state index in [0.717, 1.165) is 40.7 Å². The summed E-state index contributed by atoms with van der Waals surface area (Å²) in [5.41, 5.74) is 12.0. The van der Waals surface area contributed by atoms with Crippen molar-refractivity contribution in [3.05, 3.63) is 93.6 Å². The molecule has 1 aliphatic carbocycles. The van der Waals surface area contributed by atoms with E-state index >= 15 is 0 Å². The van der Waals surface area contributed by atoms with Crippen molar-refractivity contribution < 1.29 is 9.18 Å². The van der Waals surface area contributed by atoms with Crippen LogP contribution in [0.5, 0.6) is 0 Å². The van der Waals surface area contributed by atoms with Crippen LogP contribution in [0.2, 0.25) is 0 Å². The van der Waals surface area contributed by atoms with Gasteiger partial charge in [0, 0.05) is 22.0 Å². The Balaban J connectivity index is 1.25. The topological polar surface area (TPSA) is 80.9 Å². The van der Waals surface area contributed by atoms with Gasteiger partial charge in [-0.25, -0.2) is 14.4 Å². The van der Waals surface area contributed by atoms with Gasteiger partial charge in [0.05, 0.1) is 11.4 Å². The van der Waals surface area contributed by atoms with Crippen molar-refractivity contribution in [1.29, 1.82) is 0 Å².